The number of ether oxygens (including phenoxy) is 1. The van der Waals surface area contributed by atoms with Gasteiger partial charge in [0.2, 0.25) is 0 Å². The summed E-state index contributed by atoms with van der Waals surface area (Å²) in [6, 6.07) is 14.0. The average molecular weight is 408 g/mol. The van der Waals surface area contributed by atoms with Gasteiger partial charge in [0.15, 0.2) is 5.11 Å². The average Bonchev–Trinajstić information content (AvgIpc) is 2.69. The molecule has 1 aliphatic heterocycles. The molecule has 2 aromatic carbocycles. The Labute approximate surface area is 169 Å². The second-order valence-electron chi connectivity index (χ2n) is 6.44. The van der Waals surface area contributed by atoms with Crippen LogP contribution in [0.15, 0.2) is 48.5 Å². The van der Waals surface area contributed by atoms with Crippen LogP contribution in [0, 0.1) is 5.82 Å². The molecule has 0 saturated carbocycles. The Morgan fingerprint density at radius 1 is 1.11 bits per heavy atom. The molecule has 1 aliphatic rings. The number of rotatable bonds is 6. The van der Waals surface area contributed by atoms with E-state index in [9.17, 15) is 4.39 Å². The maximum Gasteiger partial charge on any atom is 0.173 e. The molecular weight excluding hydrogens is 385 g/mol. The summed E-state index contributed by atoms with van der Waals surface area (Å²) in [6.45, 7) is 5.69. The number of hydrogen-bond donors (Lipinski definition) is 1. The lowest BCUT2D eigenvalue weighted by atomic mass is 10.2. The quantitative estimate of drug-likeness (QED) is 0.730. The van der Waals surface area contributed by atoms with E-state index in [0.717, 1.165) is 50.6 Å². The van der Waals surface area contributed by atoms with Crippen LogP contribution in [0.1, 0.15) is 5.56 Å². The van der Waals surface area contributed by atoms with Gasteiger partial charge in [-0.1, -0.05) is 23.7 Å². The Morgan fingerprint density at radius 3 is 2.44 bits per heavy atom. The molecule has 0 aliphatic carbocycles. The van der Waals surface area contributed by atoms with Gasteiger partial charge in [-0.3, -0.25) is 4.90 Å². The lowest BCUT2D eigenvalue weighted by molar-refractivity contribution is 0.0358. The summed E-state index contributed by atoms with van der Waals surface area (Å²) in [6.07, 6.45) is 0. The molecule has 4 nitrogen and oxygen atoms in total. The Balaban J connectivity index is 1.65. The highest BCUT2D eigenvalue weighted by Crippen LogP contribution is 2.15. The van der Waals surface area contributed by atoms with Crippen molar-refractivity contribution in [3.8, 4) is 0 Å². The van der Waals surface area contributed by atoms with Crippen molar-refractivity contribution in [2.75, 3.05) is 44.7 Å². The molecule has 1 fully saturated rings. The molecule has 1 N–H and O–H groups in total. The normalized spacial score (nSPS) is 14.7. The van der Waals surface area contributed by atoms with Crippen LogP contribution >= 0.6 is 23.8 Å². The molecule has 3 rings (SSSR count). The number of halogens is 2. The van der Waals surface area contributed by atoms with E-state index in [4.69, 9.17) is 28.6 Å². The zero-order chi connectivity index (χ0) is 19.1. The van der Waals surface area contributed by atoms with Gasteiger partial charge in [-0.15, -0.1) is 0 Å². The van der Waals surface area contributed by atoms with Crippen molar-refractivity contribution in [3.05, 3.63) is 64.9 Å². The van der Waals surface area contributed by atoms with Gasteiger partial charge in [0.05, 0.1) is 13.2 Å². The van der Waals surface area contributed by atoms with E-state index in [1.807, 2.05) is 24.3 Å². The summed E-state index contributed by atoms with van der Waals surface area (Å²) in [5.41, 5.74) is 1.90. The Hall–Kier alpha value is -1.73. The predicted molar refractivity (Wildman–Crippen MR) is 112 cm³/mol. The monoisotopic (exact) mass is 407 g/mol. The molecule has 0 aromatic heterocycles. The first-order valence-electron chi connectivity index (χ1n) is 8.96. The number of benzene rings is 2. The van der Waals surface area contributed by atoms with Gasteiger partial charge in [0.1, 0.15) is 5.82 Å². The Kier molecular flexibility index (Phi) is 7.41. The summed E-state index contributed by atoms with van der Waals surface area (Å²) in [7, 11) is 0. The largest absolute Gasteiger partial charge is 0.379 e. The number of nitrogens with one attached hydrogen (secondary N) is 1. The molecule has 0 spiro atoms. The topological polar surface area (TPSA) is 27.7 Å². The summed E-state index contributed by atoms with van der Waals surface area (Å²) in [5, 5.41) is 4.59. The number of anilines is 1. The van der Waals surface area contributed by atoms with Crippen molar-refractivity contribution in [1.29, 1.82) is 0 Å². The molecule has 0 bridgehead atoms. The predicted octanol–water partition coefficient (Wildman–Crippen LogP) is 4.01. The van der Waals surface area contributed by atoms with Crippen LogP contribution in [0.5, 0.6) is 0 Å². The molecule has 7 heteroatoms. The summed E-state index contributed by atoms with van der Waals surface area (Å²) in [5.74, 6) is -0.236. The molecule has 144 valence electrons. The third kappa shape index (κ3) is 6.43. The van der Waals surface area contributed by atoms with Gasteiger partial charge < -0.3 is 15.0 Å². The number of nitrogens with zero attached hydrogens (tertiary/aromatic N) is 2. The number of morpholine rings is 1. The number of hydrogen-bond acceptors (Lipinski definition) is 3. The van der Waals surface area contributed by atoms with Crippen molar-refractivity contribution < 1.29 is 9.13 Å². The summed E-state index contributed by atoms with van der Waals surface area (Å²) >= 11 is 11.6. The van der Waals surface area contributed by atoms with Crippen LogP contribution in [0.4, 0.5) is 10.1 Å². The zero-order valence-electron chi connectivity index (χ0n) is 15.0. The Morgan fingerprint density at radius 2 is 1.78 bits per heavy atom. The zero-order valence-corrected chi connectivity index (χ0v) is 16.6. The van der Waals surface area contributed by atoms with Crippen molar-refractivity contribution in [2.24, 2.45) is 0 Å². The molecule has 27 heavy (non-hydrogen) atoms. The van der Waals surface area contributed by atoms with Crippen LogP contribution in [-0.2, 0) is 11.3 Å². The third-order valence-electron chi connectivity index (χ3n) is 4.46. The summed E-state index contributed by atoms with van der Waals surface area (Å²) < 4.78 is 18.6. The molecule has 0 unspecified atom stereocenters. The molecule has 0 amide bonds. The Bertz CT molecular complexity index is 736. The molecule has 1 heterocycles. The fraction of sp³-hybridized carbons (Fsp3) is 0.350. The van der Waals surface area contributed by atoms with Crippen molar-refractivity contribution in [2.45, 2.75) is 6.54 Å². The van der Waals surface area contributed by atoms with Crippen LogP contribution in [0.25, 0.3) is 0 Å². The lowest BCUT2D eigenvalue weighted by Crippen LogP contribution is -2.43. The van der Waals surface area contributed by atoms with Crippen LogP contribution in [0.3, 0.4) is 0 Å². The van der Waals surface area contributed by atoms with Crippen molar-refractivity contribution >= 4 is 34.6 Å². The van der Waals surface area contributed by atoms with Crippen molar-refractivity contribution in [1.82, 2.24) is 9.80 Å². The minimum absolute atomic E-state index is 0.236. The minimum Gasteiger partial charge on any atom is -0.379 e. The minimum atomic E-state index is -0.236. The van der Waals surface area contributed by atoms with E-state index in [1.165, 1.54) is 12.1 Å². The van der Waals surface area contributed by atoms with Gasteiger partial charge >= 0.3 is 0 Å². The second-order valence-corrected chi connectivity index (χ2v) is 7.26. The second kappa shape index (κ2) is 9.99. The van der Waals surface area contributed by atoms with E-state index in [0.29, 0.717) is 16.7 Å². The highest BCUT2D eigenvalue weighted by molar-refractivity contribution is 7.80. The SMILES string of the molecule is Fc1ccc(CN(CCN2CCOCC2)C(=S)Nc2ccc(Cl)cc2)cc1. The summed E-state index contributed by atoms with van der Waals surface area (Å²) in [4.78, 5) is 4.47. The van der Waals surface area contributed by atoms with E-state index in [-0.39, 0.29) is 5.82 Å². The lowest BCUT2D eigenvalue weighted by Gasteiger charge is -2.31. The maximum absolute atomic E-state index is 13.2. The third-order valence-corrected chi connectivity index (χ3v) is 5.07. The van der Waals surface area contributed by atoms with Gasteiger partial charge in [-0.05, 0) is 54.2 Å². The van der Waals surface area contributed by atoms with Crippen LogP contribution < -0.4 is 5.32 Å². The molecule has 1 saturated heterocycles. The molecule has 2 aromatic rings. The van der Waals surface area contributed by atoms with Gasteiger partial charge in [-0.25, -0.2) is 4.39 Å². The van der Waals surface area contributed by atoms with E-state index >= 15 is 0 Å². The van der Waals surface area contributed by atoms with E-state index in [2.05, 4.69) is 15.1 Å². The standard InChI is InChI=1S/C20H23ClFN3OS/c21-17-3-7-19(8-4-17)23-20(27)25(10-9-24-11-13-26-14-12-24)15-16-1-5-18(22)6-2-16/h1-8H,9-15H2,(H,23,27). The molecule has 0 radical (unpaired) electrons. The fourth-order valence-corrected chi connectivity index (χ4v) is 3.28. The van der Waals surface area contributed by atoms with Gasteiger partial charge in [0.25, 0.3) is 0 Å². The first-order valence-corrected chi connectivity index (χ1v) is 9.75. The van der Waals surface area contributed by atoms with E-state index in [1.54, 1.807) is 12.1 Å². The highest BCUT2D eigenvalue weighted by atomic mass is 35.5. The van der Waals surface area contributed by atoms with Gasteiger partial charge in [-0.2, -0.15) is 0 Å². The first-order chi connectivity index (χ1) is 13.1. The van der Waals surface area contributed by atoms with Crippen molar-refractivity contribution in [3.63, 3.8) is 0 Å². The smallest absolute Gasteiger partial charge is 0.173 e. The molecule has 0 atom stereocenters. The first kappa shape index (κ1) is 20.0. The van der Waals surface area contributed by atoms with Crippen LogP contribution in [-0.4, -0.2) is 54.3 Å². The van der Waals surface area contributed by atoms with Crippen LogP contribution in [0.2, 0.25) is 5.02 Å². The molecular formula is C20H23ClFN3OS. The van der Waals surface area contributed by atoms with Gasteiger partial charge in [0, 0.05) is 43.4 Å². The maximum atomic E-state index is 13.2. The number of thiocarbonyl (C=S) groups is 1. The highest BCUT2D eigenvalue weighted by Gasteiger charge is 2.15. The van der Waals surface area contributed by atoms with E-state index < -0.39 is 0 Å². The fourth-order valence-electron chi connectivity index (χ4n) is 2.89.